The predicted octanol–water partition coefficient (Wildman–Crippen LogP) is 3.13. The molecule has 0 aliphatic carbocycles. The fourth-order valence-corrected chi connectivity index (χ4v) is 2.51. The van der Waals surface area contributed by atoms with Gasteiger partial charge in [0.05, 0.1) is 4.47 Å². The van der Waals surface area contributed by atoms with Gasteiger partial charge in [0.1, 0.15) is 11.6 Å². The van der Waals surface area contributed by atoms with Gasteiger partial charge in [-0.2, -0.15) is 0 Å². The van der Waals surface area contributed by atoms with Crippen LogP contribution in [0.2, 0.25) is 0 Å². The number of hydrogen-bond donors (Lipinski definition) is 2. The third kappa shape index (κ3) is 4.30. The summed E-state index contributed by atoms with van der Waals surface area (Å²) in [7, 11) is 0. The lowest BCUT2D eigenvalue weighted by molar-refractivity contribution is 0.463. The van der Waals surface area contributed by atoms with E-state index >= 15 is 0 Å². The minimum absolute atomic E-state index is 0.0436. The Kier molecular flexibility index (Phi) is 5.78. The van der Waals surface area contributed by atoms with Gasteiger partial charge in [0.15, 0.2) is 0 Å². The summed E-state index contributed by atoms with van der Waals surface area (Å²) >= 11 is 3.07. The van der Waals surface area contributed by atoms with Crippen LogP contribution in [0.15, 0.2) is 41.1 Å². The van der Waals surface area contributed by atoms with Crippen molar-refractivity contribution < 1.29 is 8.78 Å². The van der Waals surface area contributed by atoms with Gasteiger partial charge in [0.25, 0.3) is 0 Å². The molecule has 1 aromatic heterocycles. The number of nitrogens with zero attached hydrogens (tertiary/aromatic N) is 1. The molecule has 2 aromatic rings. The van der Waals surface area contributed by atoms with Crippen LogP contribution < -0.4 is 11.3 Å². The lowest BCUT2D eigenvalue weighted by Crippen LogP contribution is -2.37. The van der Waals surface area contributed by atoms with Crippen molar-refractivity contribution in [2.45, 2.75) is 25.3 Å². The first kappa shape index (κ1) is 16.0. The highest BCUT2D eigenvalue weighted by molar-refractivity contribution is 9.10. The predicted molar refractivity (Wildman–Crippen MR) is 81.4 cm³/mol. The van der Waals surface area contributed by atoms with Gasteiger partial charge in [-0.3, -0.25) is 16.3 Å². The molecule has 0 spiro atoms. The first-order chi connectivity index (χ1) is 10.1. The van der Waals surface area contributed by atoms with Crippen LogP contribution in [0.3, 0.4) is 0 Å². The summed E-state index contributed by atoms with van der Waals surface area (Å²) in [5.74, 6) is 4.38. The number of nitrogens with one attached hydrogen (secondary N) is 1. The lowest BCUT2D eigenvalue weighted by Gasteiger charge is -2.17. The van der Waals surface area contributed by atoms with Crippen molar-refractivity contribution in [3.8, 4) is 0 Å². The molecule has 0 fully saturated rings. The second-order valence-electron chi connectivity index (χ2n) is 4.78. The second kappa shape index (κ2) is 7.59. The van der Waals surface area contributed by atoms with Crippen molar-refractivity contribution >= 4 is 15.9 Å². The zero-order valence-corrected chi connectivity index (χ0v) is 12.9. The summed E-state index contributed by atoms with van der Waals surface area (Å²) in [6, 6.07) is 6.22. The maximum atomic E-state index is 14.0. The van der Waals surface area contributed by atoms with Gasteiger partial charge in [-0.25, -0.2) is 8.78 Å². The Morgan fingerprint density at radius 3 is 2.57 bits per heavy atom. The molecular formula is C15H16BrF2N3. The van der Waals surface area contributed by atoms with Crippen molar-refractivity contribution in [2.75, 3.05) is 0 Å². The number of hydrogen-bond acceptors (Lipinski definition) is 3. The topological polar surface area (TPSA) is 50.9 Å². The van der Waals surface area contributed by atoms with E-state index in [4.69, 9.17) is 5.84 Å². The number of halogens is 3. The fourth-order valence-electron chi connectivity index (χ4n) is 2.14. The summed E-state index contributed by atoms with van der Waals surface area (Å²) in [5.41, 5.74) is 3.79. The zero-order valence-electron chi connectivity index (χ0n) is 11.3. The molecule has 0 radical (unpaired) electrons. The fraction of sp³-hybridized carbons (Fsp3) is 0.267. The maximum absolute atomic E-state index is 14.0. The first-order valence-corrected chi connectivity index (χ1v) is 7.38. The molecule has 0 aliphatic heterocycles. The van der Waals surface area contributed by atoms with E-state index in [1.165, 1.54) is 12.1 Å². The molecule has 6 heteroatoms. The highest BCUT2D eigenvalue weighted by Gasteiger charge is 2.17. The van der Waals surface area contributed by atoms with Crippen LogP contribution in [-0.4, -0.2) is 11.0 Å². The Balaban J connectivity index is 2.04. The van der Waals surface area contributed by atoms with Crippen molar-refractivity contribution in [1.29, 1.82) is 0 Å². The second-order valence-corrected chi connectivity index (χ2v) is 5.64. The van der Waals surface area contributed by atoms with E-state index in [-0.39, 0.29) is 22.5 Å². The van der Waals surface area contributed by atoms with E-state index in [0.717, 1.165) is 12.0 Å². The number of pyridine rings is 1. The minimum Gasteiger partial charge on any atom is -0.271 e. The Labute approximate surface area is 130 Å². The van der Waals surface area contributed by atoms with E-state index < -0.39 is 11.6 Å². The molecule has 1 heterocycles. The van der Waals surface area contributed by atoms with Crippen LogP contribution in [0, 0.1) is 11.6 Å². The lowest BCUT2D eigenvalue weighted by atomic mass is 9.99. The van der Waals surface area contributed by atoms with Crippen LogP contribution in [-0.2, 0) is 12.8 Å². The van der Waals surface area contributed by atoms with Gasteiger partial charge in [-0.15, -0.1) is 0 Å². The molecule has 112 valence electrons. The van der Waals surface area contributed by atoms with Gasteiger partial charge >= 0.3 is 0 Å². The first-order valence-electron chi connectivity index (χ1n) is 6.59. The summed E-state index contributed by atoms with van der Waals surface area (Å²) in [4.78, 5) is 3.95. The standard InChI is InChI=1S/C15H16BrF2N3/c16-13-3-4-14(17)12(15(13)18)9-11(21-19)2-1-10-5-7-20-8-6-10/h3-8,11,21H,1-2,9,19H2. The maximum Gasteiger partial charge on any atom is 0.143 e. The number of aromatic nitrogens is 1. The van der Waals surface area contributed by atoms with Crippen LogP contribution >= 0.6 is 15.9 Å². The molecule has 1 aromatic carbocycles. The Morgan fingerprint density at radius 1 is 1.19 bits per heavy atom. The Morgan fingerprint density at radius 2 is 1.90 bits per heavy atom. The van der Waals surface area contributed by atoms with Crippen LogP contribution in [0.4, 0.5) is 8.78 Å². The van der Waals surface area contributed by atoms with Crippen LogP contribution in [0.25, 0.3) is 0 Å². The molecule has 0 bridgehead atoms. The van der Waals surface area contributed by atoms with Gasteiger partial charge in [-0.1, -0.05) is 0 Å². The van der Waals surface area contributed by atoms with Gasteiger partial charge in [0.2, 0.25) is 0 Å². The summed E-state index contributed by atoms with van der Waals surface area (Å²) < 4.78 is 28.0. The molecule has 0 saturated carbocycles. The number of rotatable bonds is 6. The third-order valence-electron chi connectivity index (χ3n) is 3.36. The highest BCUT2D eigenvalue weighted by Crippen LogP contribution is 2.23. The molecule has 3 nitrogen and oxygen atoms in total. The molecular weight excluding hydrogens is 340 g/mol. The zero-order chi connectivity index (χ0) is 15.2. The molecule has 1 atom stereocenters. The number of aryl methyl sites for hydroxylation is 1. The SMILES string of the molecule is NNC(CCc1ccncc1)Cc1c(F)ccc(Br)c1F. The molecule has 0 aliphatic rings. The molecule has 0 saturated heterocycles. The van der Waals surface area contributed by atoms with Crippen molar-refractivity contribution in [3.63, 3.8) is 0 Å². The van der Waals surface area contributed by atoms with Crippen molar-refractivity contribution in [3.05, 3.63) is 63.9 Å². The molecule has 21 heavy (non-hydrogen) atoms. The van der Waals surface area contributed by atoms with Gasteiger partial charge in [0, 0.05) is 24.0 Å². The monoisotopic (exact) mass is 355 g/mol. The van der Waals surface area contributed by atoms with E-state index in [2.05, 4.69) is 26.3 Å². The van der Waals surface area contributed by atoms with Crippen LogP contribution in [0.5, 0.6) is 0 Å². The summed E-state index contributed by atoms with van der Waals surface area (Å²) in [6.07, 6.45) is 5.06. The summed E-state index contributed by atoms with van der Waals surface area (Å²) in [5, 5.41) is 0. The average molecular weight is 356 g/mol. The average Bonchev–Trinajstić information content (AvgIpc) is 2.51. The molecule has 2 rings (SSSR count). The van der Waals surface area contributed by atoms with Crippen LogP contribution in [0.1, 0.15) is 17.5 Å². The van der Waals surface area contributed by atoms with Gasteiger partial charge in [-0.05, 0) is 65.0 Å². The van der Waals surface area contributed by atoms with E-state index in [1.54, 1.807) is 12.4 Å². The van der Waals surface area contributed by atoms with Crippen molar-refractivity contribution in [1.82, 2.24) is 10.4 Å². The molecule has 3 N–H and O–H groups in total. The van der Waals surface area contributed by atoms with Crippen molar-refractivity contribution in [2.24, 2.45) is 5.84 Å². The molecule has 0 amide bonds. The summed E-state index contributed by atoms with van der Waals surface area (Å²) in [6.45, 7) is 0. The largest absolute Gasteiger partial charge is 0.271 e. The number of hydrazine groups is 1. The highest BCUT2D eigenvalue weighted by atomic mass is 79.9. The smallest absolute Gasteiger partial charge is 0.143 e. The quantitative estimate of drug-likeness (QED) is 0.475. The normalized spacial score (nSPS) is 12.4. The van der Waals surface area contributed by atoms with E-state index in [1.807, 2.05) is 12.1 Å². The third-order valence-corrected chi connectivity index (χ3v) is 3.97. The number of benzene rings is 1. The van der Waals surface area contributed by atoms with E-state index in [9.17, 15) is 8.78 Å². The molecule has 1 unspecified atom stereocenters. The number of nitrogens with two attached hydrogens (primary N) is 1. The van der Waals surface area contributed by atoms with Gasteiger partial charge < -0.3 is 0 Å². The Hall–Kier alpha value is -1.37. The Bertz CT molecular complexity index is 593. The van der Waals surface area contributed by atoms with E-state index in [0.29, 0.717) is 6.42 Å². The minimum atomic E-state index is -0.570.